The zero-order valence-electron chi connectivity index (χ0n) is 16.0. The van der Waals surface area contributed by atoms with Crippen LogP contribution in [0.4, 0.5) is 11.8 Å². The first kappa shape index (κ1) is 19.8. The zero-order valence-corrected chi connectivity index (χ0v) is 16.8. The van der Waals surface area contributed by atoms with Gasteiger partial charge in [0.25, 0.3) is 0 Å². The molecule has 0 saturated heterocycles. The Morgan fingerprint density at radius 3 is 2.59 bits per heavy atom. The minimum atomic E-state index is -0.177. The van der Waals surface area contributed by atoms with Gasteiger partial charge in [0.2, 0.25) is 5.95 Å². The van der Waals surface area contributed by atoms with Gasteiger partial charge in [-0.05, 0) is 38.4 Å². The molecule has 0 bridgehead atoms. The van der Waals surface area contributed by atoms with Crippen molar-refractivity contribution in [1.29, 1.82) is 0 Å². The van der Waals surface area contributed by atoms with Crippen molar-refractivity contribution in [2.75, 3.05) is 23.4 Å². The van der Waals surface area contributed by atoms with Crippen LogP contribution in [-0.2, 0) is 0 Å². The van der Waals surface area contributed by atoms with Crippen LogP contribution < -0.4 is 10.6 Å². The molecule has 0 spiro atoms. The number of hydrogen-bond donors (Lipinski definition) is 3. The Bertz CT molecular complexity index is 719. The van der Waals surface area contributed by atoms with Crippen LogP contribution in [0.1, 0.15) is 45.4 Å². The first-order valence-corrected chi connectivity index (χ1v) is 10.8. The number of nitrogens with zero attached hydrogens (tertiary/aromatic N) is 4. The molecular formula is C19H28N6OS. The van der Waals surface area contributed by atoms with E-state index in [1.54, 1.807) is 24.2 Å². The van der Waals surface area contributed by atoms with Gasteiger partial charge in [-0.2, -0.15) is 4.98 Å². The van der Waals surface area contributed by atoms with Crippen molar-refractivity contribution >= 4 is 23.5 Å². The van der Waals surface area contributed by atoms with Crippen LogP contribution >= 0.6 is 11.8 Å². The van der Waals surface area contributed by atoms with Crippen LogP contribution in [0.5, 0.6) is 0 Å². The lowest BCUT2D eigenvalue weighted by molar-refractivity contribution is 0.126. The topological polar surface area (TPSA) is 95.9 Å². The molecule has 0 unspecified atom stereocenters. The number of aliphatic hydroxyl groups is 1. The van der Waals surface area contributed by atoms with Gasteiger partial charge in [0.05, 0.1) is 29.8 Å². The highest BCUT2D eigenvalue weighted by molar-refractivity contribution is 7.98. The summed E-state index contributed by atoms with van der Waals surface area (Å²) in [5.74, 6) is 1.40. The van der Waals surface area contributed by atoms with E-state index in [1.807, 2.05) is 12.5 Å². The smallest absolute Gasteiger partial charge is 0.224 e. The predicted octanol–water partition coefficient (Wildman–Crippen LogP) is 3.58. The van der Waals surface area contributed by atoms with Gasteiger partial charge in [0.15, 0.2) is 0 Å². The molecule has 0 aliphatic heterocycles. The van der Waals surface area contributed by atoms with Gasteiger partial charge in [-0.25, -0.2) is 9.97 Å². The summed E-state index contributed by atoms with van der Waals surface area (Å²) >= 11 is 1.57. The molecule has 3 N–H and O–H groups in total. The molecule has 2 heterocycles. The third-order valence-electron chi connectivity index (χ3n) is 4.75. The Kier molecular flexibility index (Phi) is 7.23. The van der Waals surface area contributed by atoms with Crippen LogP contribution in [0, 0.1) is 0 Å². The lowest BCUT2D eigenvalue weighted by atomic mass is 9.93. The van der Waals surface area contributed by atoms with E-state index in [0.29, 0.717) is 12.0 Å². The van der Waals surface area contributed by atoms with Gasteiger partial charge < -0.3 is 15.7 Å². The largest absolute Gasteiger partial charge is 0.393 e. The molecule has 1 aliphatic rings. The molecule has 2 aromatic rings. The summed E-state index contributed by atoms with van der Waals surface area (Å²) in [6.45, 7) is 3.01. The number of hydrogen-bond acceptors (Lipinski definition) is 8. The molecule has 146 valence electrons. The lowest BCUT2D eigenvalue weighted by Gasteiger charge is -2.27. The third-order valence-corrected chi connectivity index (χ3v) is 5.38. The summed E-state index contributed by atoms with van der Waals surface area (Å²) < 4.78 is 0. The van der Waals surface area contributed by atoms with E-state index >= 15 is 0 Å². The third kappa shape index (κ3) is 5.52. The maximum absolute atomic E-state index is 9.76. The molecule has 27 heavy (non-hydrogen) atoms. The van der Waals surface area contributed by atoms with E-state index in [9.17, 15) is 5.11 Å². The Balaban J connectivity index is 1.83. The Hall–Kier alpha value is -1.93. The molecule has 7 nitrogen and oxygen atoms in total. The number of nitrogens with one attached hydrogen (secondary N) is 2. The molecule has 8 heteroatoms. The summed E-state index contributed by atoms with van der Waals surface area (Å²) in [7, 11) is 0. The second kappa shape index (κ2) is 9.85. The molecule has 0 aromatic carbocycles. The summed E-state index contributed by atoms with van der Waals surface area (Å²) in [5, 5.41) is 17.5. The quantitative estimate of drug-likeness (QED) is 0.466. The van der Waals surface area contributed by atoms with Crippen LogP contribution in [0.15, 0.2) is 23.6 Å². The first-order valence-electron chi connectivity index (χ1n) is 9.61. The number of rotatable bonds is 8. The van der Waals surface area contributed by atoms with Crippen LogP contribution in [0.25, 0.3) is 11.3 Å². The van der Waals surface area contributed by atoms with E-state index in [1.165, 1.54) is 0 Å². The summed E-state index contributed by atoms with van der Waals surface area (Å²) in [5.41, 5.74) is 1.61. The van der Waals surface area contributed by atoms with Gasteiger partial charge in [0.1, 0.15) is 10.8 Å². The van der Waals surface area contributed by atoms with E-state index in [4.69, 9.17) is 4.98 Å². The number of anilines is 2. The fourth-order valence-corrected chi connectivity index (χ4v) is 3.43. The van der Waals surface area contributed by atoms with Gasteiger partial charge in [-0.1, -0.05) is 13.3 Å². The minimum absolute atomic E-state index is 0.177. The molecule has 3 rings (SSSR count). The highest BCUT2D eigenvalue weighted by atomic mass is 32.2. The maximum atomic E-state index is 9.76. The standard InChI is InChI=1S/C19H28N6OS/c1-3-4-9-20-19-23-10-15(16-11-22-17(27-2)12-21-16)18(25-19)24-13-5-7-14(26)8-6-13/h10-14,26H,3-9H2,1-2H3,(H2,20,23,24,25). The average molecular weight is 389 g/mol. The van der Waals surface area contributed by atoms with Gasteiger partial charge in [0, 0.05) is 18.8 Å². The van der Waals surface area contributed by atoms with Gasteiger partial charge in [-0.15, -0.1) is 11.8 Å². The highest BCUT2D eigenvalue weighted by Crippen LogP contribution is 2.29. The molecular weight excluding hydrogens is 360 g/mol. The molecule has 0 amide bonds. The van der Waals surface area contributed by atoms with Crippen molar-refractivity contribution < 1.29 is 5.11 Å². The Morgan fingerprint density at radius 1 is 1.11 bits per heavy atom. The fourth-order valence-electron chi connectivity index (χ4n) is 3.12. The minimum Gasteiger partial charge on any atom is -0.393 e. The molecule has 1 fully saturated rings. The van der Waals surface area contributed by atoms with Crippen LogP contribution in [-0.4, -0.2) is 50.0 Å². The Labute approximate surface area is 164 Å². The fraction of sp³-hybridized carbons (Fsp3) is 0.579. The predicted molar refractivity (Wildman–Crippen MR) is 110 cm³/mol. The molecule has 0 atom stereocenters. The highest BCUT2D eigenvalue weighted by Gasteiger charge is 2.21. The van der Waals surface area contributed by atoms with Crippen molar-refractivity contribution in [3.63, 3.8) is 0 Å². The number of thioether (sulfide) groups is 1. The van der Waals surface area contributed by atoms with Crippen molar-refractivity contribution in [2.45, 2.75) is 62.6 Å². The summed E-state index contributed by atoms with van der Waals surface area (Å²) in [4.78, 5) is 18.1. The first-order chi connectivity index (χ1) is 13.2. The molecule has 2 aromatic heterocycles. The molecule has 0 radical (unpaired) electrons. The second-order valence-electron chi connectivity index (χ2n) is 6.83. The maximum Gasteiger partial charge on any atom is 0.224 e. The number of unbranched alkanes of at least 4 members (excludes halogenated alkanes) is 1. The molecule has 1 saturated carbocycles. The second-order valence-corrected chi connectivity index (χ2v) is 7.66. The summed E-state index contributed by atoms with van der Waals surface area (Å²) in [6.07, 6.45) is 12.9. The normalized spacial score (nSPS) is 19.7. The van der Waals surface area contributed by atoms with Crippen molar-refractivity contribution in [2.24, 2.45) is 0 Å². The average Bonchev–Trinajstić information content (AvgIpc) is 2.70. The van der Waals surface area contributed by atoms with Gasteiger partial charge in [-0.3, -0.25) is 4.98 Å². The van der Waals surface area contributed by atoms with Crippen molar-refractivity contribution in [1.82, 2.24) is 19.9 Å². The van der Waals surface area contributed by atoms with Crippen LogP contribution in [0.3, 0.4) is 0 Å². The van der Waals surface area contributed by atoms with E-state index in [0.717, 1.165) is 67.2 Å². The van der Waals surface area contributed by atoms with E-state index < -0.39 is 0 Å². The van der Waals surface area contributed by atoms with E-state index in [-0.39, 0.29) is 6.10 Å². The van der Waals surface area contributed by atoms with Gasteiger partial charge >= 0.3 is 0 Å². The number of aliphatic hydroxyl groups excluding tert-OH is 1. The monoisotopic (exact) mass is 388 g/mol. The van der Waals surface area contributed by atoms with E-state index in [2.05, 4.69) is 32.5 Å². The Morgan fingerprint density at radius 2 is 1.93 bits per heavy atom. The van der Waals surface area contributed by atoms with Crippen LogP contribution in [0.2, 0.25) is 0 Å². The van der Waals surface area contributed by atoms with Crippen molar-refractivity contribution in [3.8, 4) is 11.3 Å². The SMILES string of the molecule is CCCCNc1ncc(-c2cnc(SC)cn2)c(NC2CCC(O)CC2)n1. The summed E-state index contributed by atoms with van der Waals surface area (Å²) in [6, 6.07) is 0.295. The van der Waals surface area contributed by atoms with Crippen molar-refractivity contribution in [3.05, 3.63) is 18.6 Å². The zero-order chi connectivity index (χ0) is 19.1. The number of aromatic nitrogens is 4. The lowest BCUT2D eigenvalue weighted by Crippen LogP contribution is -2.29. The molecule has 1 aliphatic carbocycles.